The second kappa shape index (κ2) is 6.14. The number of halogens is 2. The number of nitrogens with two attached hydrogens (primary N) is 1. The van der Waals surface area contributed by atoms with Gasteiger partial charge >= 0.3 is 0 Å². The molecule has 0 aliphatic heterocycles. The van der Waals surface area contributed by atoms with Gasteiger partial charge in [0.2, 0.25) is 10.0 Å². The number of hydrogen-bond donors (Lipinski definition) is 1. The summed E-state index contributed by atoms with van der Waals surface area (Å²) in [5, 5.41) is 0.334. The summed E-state index contributed by atoms with van der Waals surface area (Å²) in [6.45, 7) is 1.98. The standard InChI is InChI=1S/C13H14Cl2N2O2S2/c1-8-11(14)5-10(6-12(8)16)21(18,19)17(2)7-9-3-4-13(15)20-9/h3-6H,7,16H2,1-2H3. The molecule has 1 aromatic carbocycles. The first-order valence-electron chi connectivity index (χ1n) is 5.98. The smallest absolute Gasteiger partial charge is 0.243 e. The van der Waals surface area contributed by atoms with Crippen molar-refractivity contribution in [2.75, 3.05) is 12.8 Å². The molecule has 0 unspecified atom stereocenters. The fourth-order valence-corrected chi connectivity index (χ4v) is 4.47. The fourth-order valence-electron chi connectivity index (χ4n) is 1.74. The number of anilines is 1. The maximum absolute atomic E-state index is 12.5. The van der Waals surface area contributed by atoms with Crippen LogP contribution in [-0.2, 0) is 16.6 Å². The summed E-state index contributed by atoms with van der Waals surface area (Å²) < 4.78 is 27.0. The number of sulfonamides is 1. The molecule has 2 N–H and O–H groups in total. The van der Waals surface area contributed by atoms with Gasteiger partial charge in [-0.2, -0.15) is 4.31 Å². The van der Waals surface area contributed by atoms with Gasteiger partial charge in [0.1, 0.15) is 0 Å². The van der Waals surface area contributed by atoms with E-state index in [0.29, 0.717) is 20.6 Å². The molecular weight excluding hydrogens is 351 g/mol. The van der Waals surface area contributed by atoms with Crippen molar-refractivity contribution in [3.8, 4) is 0 Å². The summed E-state index contributed by atoms with van der Waals surface area (Å²) in [7, 11) is -2.15. The van der Waals surface area contributed by atoms with Gasteiger partial charge in [-0.1, -0.05) is 23.2 Å². The number of benzene rings is 1. The molecule has 0 saturated carbocycles. The molecule has 0 fully saturated rings. The molecule has 0 bridgehead atoms. The van der Waals surface area contributed by atoms with E-state index >= 15 is 0 Å². The normalized spacial score (nSPS) is 12.0. The summed E-state index contributed by atoms with van der Waals surface area (Å²) in [5.41, 5.74) is 6.82. The second-order valence-electron chi connectivity index (χ2n) is 4.59. The second-order valence-corrected chi connectivity index (χ2v) is 8.84. The maximum Gasteiger partial charge on any atom is 0.243 e. The quantitative estimate of drug-likeness (QED) is 0.839. The largest absolute Gasteiger partial charge is 0.398 e. The Labute approximate surface area is 138 Å². The van der Waals surface area contributed by atoms with Gasteiger partial charge in [-0.25, -0.2) is 8.42 Å². The van der Waals surface area contributed by atoms with Crippen molar-refractivity contribution in [2.45, 2.75) is 18.4 Å². The molecule has 0 amide bonds. The summed E-state index contributed by atoms with van der Waals surface area (Å²) in [6, 6.07) is 6.38. The Balaban J connectivity index is 2.33. The molecule has 21 heavy (non-hydrogen) atoms. The van der Waals surface area contributed by atoms with Crippen LogP contribution in [0.25, 0.3) is 0 Å². The maximum atomic E-state index is 12.5. The molecule has 0 radical (unpaired) electrons. The van der Waals surface area contributed by atoms with Crippen LogP contribution in [0.5, 0.6) is 0 Å². The molecule has 0 atom stereocenters. The Hall–Kier alpha value is -0.790. The van der Waals surface area contributed by atoms with Crippen LogP contribution in [0.3, 0.4) is 0 Å². The molecule has 2 rings (SSSR count). The van der Waals surface area contributed by atoms with Crippen LogP contribution in [0.15, 0.2) is 29.2 Å². The number of rotatable bonds is 4. The van der Waals surface area contributed by atoms with E-state index < -0.39 is 10.0 Å². The Morgan fingerprint density at radius 2 is 1.95 bits per heavy atom. The molecule has 1 heterocycles. The summed E-state index contributed by atoms with van der Waals surface area (Å²) in [4.78, 5) is 0.943. The highest BCUT2D eigenvalue weighted by Gasteiger charge is 2.23. The van der Waals surface area contributed by atoms with E-state index in [1.54, 1.807) is 19.1 Å². The van der Waals surface area contributed by atoms with Crippen LogP contribution in [0.1, 0.15) is 10.4 Å². The van der Waals surface area contributed by atoms with Gasteiger partial charge in [0.05, 0.1) is 9.23 Å². The highest BCUT2D eigenvalue weighted by molar-refractivity contribution is 7.89. The van der Waals surface area contributed by atoms with Crippen LogP contribution >= 0.6 is 34.5 Å². The monoisotopic (exact) mass is 364 g/mol. The number of nitrogens with zero attached hydrogens (tertiary/aromatic N) is 1. The first-order valence-corrected chi connectivity index (χ1v) is 8.99. The van der Waals surface area contributed by atoms with Crippen LogP contribution in [0, 0.1) is 6.92 Å². The Morgan fingerprint density at radius 1 is 1.29 bits per heavy atom. The van der Waals surface area contributed by atoms with E-state index in [2.05, 4.69) is 0 Å². The highest BCUT2D eigenvalue weighted by atomic mass is 35.5. The third-order valence-corrected chi connectivity index (χ3v) is 6.46. The van der Waals surface area contributed by atoms with Gasteiger partial charge in [-0.05, 0) is 36.8 Å². The van der Waals surface area contributed by atoms with Crippen molar-refractivity contribution < 1.29 is 8.42 Å². The minimum atomic E-state index is -3.66. The van der Waals surface area contributed by atoms with Crippen molar-refractivity contribution in [2.24, 2.45) is 0 Å². The predicted molar refractivity (Wildman–Crippen MR) is 88.6 cm³/mol. The summed E-state index contributed by atoms with van der Waals surface area (Å²) in [5.74, 6) is 0. The zero-order valence-corrected chi connectivity index (χ0v) is 14.6. The predicted octanol–water partition coefficient (Wildman–Crippen LogP) is 3.77. The van der Waals surface area contributed by atoms with E-state index in [1.165, 1.54) is 34.8 Å². The van der Waals surface area contributed by atoms with Crippen LogP contribution in [0.4, 0.5) is 5.69 Å². The average molecular weight is 365 g/mol. The van der Waals surface area contributed by atoms with Gasteiger partial charge in [0.25, 0.3) is 0 Å². The lowest BCUT2D eigenvalue weighted by atomic mass is 10.2. The zero-order chi connectivity index (χ0) is 15.8. The molecule has 0 spiro atoms. The minimum absolute atomic E-state index is 0.0840. The Morgan fingerprint density at radius 3 is 2.48 bits per heavy atom. The number of thiophene rings is 1. The van der Waals surface area contributed by atoms with E-state index in [0.717, 1.165) is 4.88 Å². The van der Waals surface area contributed by atoms with Gasteiger partial charge in [0, 0.05) is 29.2 Å². The van der Waals surface area contributed by atoms with E-state index in [-0.39, 0.29) is 11.4 Å². The Kier molecular flexibility index (Phi) is 4.85. The van der Waals surface area contributed by atoms with Crippen LogP contribution in [0.2, 0.25) is 9.36 Å². The molecule has 0 aliphatic rings. The lowest BCUT2D eigenvalue weighted by Crippen LogP contribution is -2.26. The lowest BCUT2D eigenvalue weighted by molar-refractivity contribution is 0.469. The first kappa shape index (κ1) is 16.6. The molecule has 1 aromatic heterocycles. The molecule has 0 aliphatic carbocycles. The average Bonchev–Trinajstić information content (AvgIpc) is 2.80. The van der Waals surface area contributed by atoms with Crippen molar-refractivity contribution >= 4 is 50.2 Å². The minimum Gasteiger partial charge on any atom is -0.398 e. The van der Waals surface area contributed by atoms with Gasteiger partial charge in [0.15, 0.2) is 0 Å². The topological polar surface area (TPSA) is 63.4 Å². The molecule has 8 heteroatoms. The van der Waals surface area contributed by atoms with Crippen molar-refractivity contribution in [1.82, 2.24) is 4.31 Å². The summed E-state index contributed by atoms with van der Waals surface area (Å²) in [6.07, 6.45) is 0. The number of hydrogen-bond acceptors (Lipinski definition) is 4. The Bertz CT molecular complexity index is 749. The van der Waals surface area contributed by atoms with Crippen LogP contribution < -0.4 is 5.73 Å². The van der Waals surface area contributed by atoms with Crippen molar-refractivity contribution in [3.05, 3.63) is 44.1 Å². The lowest BCUT2D eigenvalue weighted by Gasteiger charge is -2.17. The van der Waals surface area contributed by atoms with E-state index in [9.17, 15) is 8.42 Å². The van der Waals surface area contributed by atoms with Gasteiger partial charge < -0.3 is 5.73 Å². The van der Waals surface area contributed by atoms with Crippen molar-refractivity contribution in [1.29, 1.82) is 0 Å². The fraction of sp³-hybridized carbons (Fsp3) is 0.231. The molecule has 114 valence electrons. The third-order valence-electron chi connectivity index (χ3n) is 3.07. The first-order chi connectivity index (χ1) is 9.71. The van der Waals surface area contributed by atoms with E-state index in [4.69, 9.17) is 28.9 Å². The SMILES string of the molecule is Cc1c(N)cc(S(=O)(=O)N(C)Cc2ccc(Cl)s2)cc1Cl. The van der Waals surface area contributed by atoms with E-state index in [1.807, 2.05) is 0 Å². The van der Waals surface area contributed by atoms with Gasteiger partial charge in [-0.3, -0.25) is 0 Å². The van der Waals surface area contributed by atoms with Crippen molar-refractivity contribution in [3.63, 3.8) is 0 Å². The highest BCUT2D eigenvalue weighted by Crippen LogP contribution is 2.29. The summed E-state index contributed by atoms with van der Waals surface area (Å²) >= 11 is 13.2. The number of nitrogen functional groups attached to an aromatic ring is 1. The zero-order valence-electron chi connectivity index (χ0n) is 11.4. The third kappa shape index (κ3) is 3.52. The molecule has 4 nitrogen and oxygen atoms in total. The molecular formula is C13H14Cl2N2O2S2. The molecule has 2 aromatic rings. The molecule has 0 saturated heterocycles. The van der Waals surface area contributed by atoms with Gasteiger partial charge in [-0.15, -0.1) is 11.3 Å². The van der Waals surface area contributed by atoms with Crippen LogP contribution in [-0.4, -0.2) is 19.8 Å².